The first kappa shape index (κ1) is 23.2. The van der Waals surface area contributed by atoms with Gasteiger partial charge in [-0.3, -0.25) is 14.5 Å². The lowest BCUT2D eigenvalue weighted by atomic mass is 9.95. The highest BCUT2D eigenvalue weighted by molar-refractivity contribution is 6.30. The van der Waals surface area contributed by atoms with E-state index in [0.29, 0.717) is 35.0 Å². The van der Waals surface area contributed by atoms with E-state index in [-0.39, 0.29) is 24.2 Å². The summed E-state index contributed by atoms with van der Waals surface area (Å²) in [5.41, 5.74) is 1.59. The Labute approximate surface area is 205 Å². The number of nitrogens with one attached hydrogen (secondary N) is 1. The second kappa shape index (κ2) is 9.96. The molecular formula is C27H31ClN2O4. The smallest absolute Gasteiger partial charge is 0.261 e. The van der Waals surface area contributed by atoms with Crippen molar-refractivity contribution < 1.29 is 19.1 Å². The van der Waals surface area contributed by atoms with Crippen molar-refractivity contribution in [3.05, 3.63) is 58.6 Å². The number of aryl methyl sites for hydroxylation is 1. The number of carbonyl (C=O) groups excluding carboxylic acids is 2. The van der Waals surface area contributed by atoms with Gasteiger partial charge in [-0.2, -0.15) is 0 Å². The number of halogens is 1. The summed E-state index contributed by atoms with van der Waals surface area (Å²) in [5.74, 6) is 1.15. The zero-order chi connectivity index (χ0) is 23.7. The lowest BCUT2D eigenvalue weighted by molar-refractivity contribution is -0.129. The first-order valence-corrected chi connectivity index (χ1v) is 12.6. The molecule has 2 saturated heterocycles. The highest BCUT2D eigenvalue weighted by Gasteiger charge is 2.41. The fourth-order valence-corrected chi connectivity index (χ4v) is 5.73. The van der Waals surface area contributed by atoms with Gasteiger partial charge in [0.1, 0.15) is 11.5 Å². The Morgan fingerprint density at radius 1 is 1.15 bits per heavy atom. The second-order valence-electron chi connectivity index (χ2n) is 9.69. The van der Waals surface area contributed by atoms with E-state index in [9.17, 15) is 9.59 Å². The molecule has 0 radical (unpaired) electrons. The molecule has 3 aliphatic heterocycles. The molecule has 34 heavy (non-hydrogen) atoms. The molecule has 180 valence electrons. The molecule has 1 amide bonds. The van der Waals surface area contributed by atoms with Crippen molar-refractivity contribution in [2.24, 2.45) is 0 Å². The molecule has 0 aromatic heterocycles. The molecule has 1 unspecified atom stereocenters. The number of piperidine rings is 1. The SMILES string of the molecule is Cc1ccc2c(c1)C(=O)C[C@H](C(=O)NC1C[C@H]3CC[C@@H](C1)N3CCCOc1ccc(Cl)cc1)O2. The molecular weight excluding hydrogens is 452 g/mol. The Hall–Kier alpha value is -2.57. The number of ketones is 1. The summed E-state index contributed by atoms with van der Waals surface area (Å²) in [6.45, 7) is 3.62. The van der Waals surface area contributed by atoms with Crippen LogP contribution in [0, 0.1) is 6.92 Å². The number of nitrogens with zero attached hydrogens (tertiary/aromatic N) is 1. The standard InChI is InChI=1S/C27H31ClN2O4/c1-17-3-10-25-23(13-17)24(31)16-26(34-25)27(32)29-19-14-20-6-7-21(15-19)30(20)11-2-12-33-22-8-4-18(28)5-9-22/h3-5,8-10,13,19-21,26H,2,6-7,11-12,14-16H2,1H3,(H,29,32)/t19?,20-,21+,26-/m1/s1. The summed E-state index contributed by atoms with van der Waals surface area (Å²) >= 11 is 5.92. The normalized spacial score (nSPS) is 26.0. The minimum absolute atomic E-state index is 0.0270. The minimum atomic E-state index is -0.747. The molecule has 2 aromatic rings. The monoisotopic (exact) mass is 482 g/mol. The molecule has 1 N–H and O–H groups in total. The van der Waals surface area contributed by atoms with Crippen LogP contribution in [0.5, 0.6) is 11.5 Å². The first-order chi connectivity index (χ1) is 16.5. The average Bonchev–Trinajstić information content (AvgIpc) is 3.06. The van der Waals surface area contributed by atoms with E-state index >= 15 is 0 Å². The fourth-order valence-electron chi connectivity index (χ4n) is 5.60. The number of amides is 1. The van der Waals surface area contributed by atoms with Gasteiger partial charge in [0.25, 0.3) is 5.91 Å². The van der Waals surface area contributed by atoms with E-state index in [1.807, 2.05) is 43.3 Å². The van der Waals surface area contributed by atoms with Gasteiger partial charge in [-0.05, 0) is 75.4 Å². The van der Waals surface area contributed by atoms with Crippen LogP contribution in [0.25, 0.3) is 0 Å². The van der Waals surface area contributed by atoms with Crippen LogP contribution in [0.2, 0.25) is 5.02 Å². The number of Topliss-reactive ketones (excluding diaryl/α,β-unsaturated/α-hetero) is 1. The summed E-state index contributed by atoms with van der Waals surface area (Å²) in [4.78, 5) is 28.1. The maximum atomic E-state index is 12.9. The zero-order valence-electron chi connectivity index (χ0n) is 19.5. The van der Waals surface area contributed by atoms with Gasteiger partial charge >= 0.3 is 0 Å². The molecule has 4 atom stereocenters. The van der Waals surface area contributed by atoms with Crippen LogP contribution < -0.4 is 14.8 Å². The number of carbonyl (C=O) groups is 2. The maximum Gasteiger partial charge on any atom is 0.261 e. The number of fused-ring (bicyclic) bond motifs is 3. The minimum Gasteiger partial charge on any atom is -0.494 e. The third kappa shape index (κ3) is 5.08. The van der Waals surface area contributed by atoms with E-state index in [2.05, 4.69) is 10.2 Å². The topological polar surface area (TPSA) is 67.9 Å². The van der Waals surface area contributed by atoms with Crippen molar-refractivity contribution in [3.63, 3.8) is 0 Å². The Bertz CT molecular complexity index is 1040. The zero-order valence-corrected chi connectivity index (χ0v) is 20.2. The van der Waals surface area contributed by atoms with E-state index < -0.39 is 6.10 Å². The molecule has 5 rings (SSSR count). The molecule has 6 nitrogen and oxygen atoms in total. The van der Waals surface area contributed by atoms with Gasteiger partial charge in [-0.15, -0.1) is 0 Å². The van der Waals surface area contributed by atoms with Gasteiger partial charge in [-0.25, -0.2) is 0 Å². The van der Waals surface area contributed by atoms with Crippen molar-refractivity contribution in [3.8, 4) is 11.5 Å². The molecule has 3 aliphatic rings. The number of benzene rings is 2. The predicted octanol–water partition coefficient (Wildman–Crippen LogP) is 4.56. The van der Waals surface area contributed by atoms with Crippen LogP contribution in [0.1, 0.15) is 54.4 Å². The summed E-state index contributed by atoms with van der Waals surface area (Å²) < 4.78 is 11.7. The van der Waals surface area contributed by atoms with E-state index in [1.54, 1.807) is 6.07 Å². The van der Waals surface area contributed by atoms with Gasteiger partial charge in [0, 0.05) is 29.7 Å². The van der Waals surface area contributed by atoms with Crippen LogP contribution in [0.15, 0.2) is 42.5 Å². The third-order valence-electron chi connectivity index (χ3n) is 7.24. The number of hydrogen-bond acceptors (Lipinski definition) is 5. The van der Waals surface area contributed by atoms with Crippen LogP contribution in [0.3, 0.4) is 0 Å². The van der Waals surface area contributed by atoms with Crippen molar-refractivity contribution in [2.75, 3.05) is 13.2 Å². The number of rotatable bonds is 7. The van der Waals surface area contributed by atoms with E-state index in [4.69, 9.17) is 21.1 Å². The second-order valence-corrected chi connectivity index (χ2v) is 10.1. The van der Waals surface area contributed by atoms with Gasteiger partial charge in [-0.1, -0.05) is 23.2 Å². The van der Waals surface area contributed by atoms with Crippen molar-refractivity contribution in [1.82, 2.24) is 10.2 Å². The van der Waals surface area contributed by atoms with Crippen LogP contribution in [-0.4, -0.2) is 54.0 Å². The molecule has 2 aromatic carbocycles. The van der Waals surface area contributed by atoms with Crippen molar-refractivity contribution in [1.29, 1.82) is 0 Å². The summed E-state index contributed by atoms with van der Waals surface area (Å²) in [5, 5.41) is 3.90. The van der Waals surface area contributed by atoms with Crippen LogP contribution in [-0.2, 0) is 4.79 Å². The highest BCUT2D eigenvalue weighted by atomic mass is 35.5. The van der Waals surface area contributed by atoms with Gasteiger partial charge in [0.15, 0.2) is 11.9 Å². The fraction of sp³-hybridized carbons (Fsp3) is 0.481. The largest absolute Gasteiger partial charge is 0.494 e. The van der Waals surface area contributed by atoms with Gasteiger partial charge in [0.2, 0.25) is 0 Å². The summed E-state index contributed by atoms with van der Waals surface area (Å²) in [6.07, 6.45) is 4.53. The van der Waals surface area contributed by atoms with Crippen molar-refractivity contribution in [2.45, 2.75) is 69.7 Å². The number of hydrogen-bond donors (Lipinski definition) is 1. The Balaban J connectivity index is 1.10. The Kier molecular flexibility index (Phi) is 6.79. The summed E-state index contributed by atoms with van der Waals surface area (Å²) in [6, 6.07) is 14.1. The molecule has 7 heteroatoms. The average molecular weight is 483 g/mol. The maximum absolute atomic E-state index is 12.9. The molecule has 2 fully saturated rings. The van der Waals surface area contributed by atoms with Crippen LogP contribution in [0.4, 0.5) is 0 Å². The van der Waals surface area contributed by atoms with Crippen LogP contribution >= 0.6 is 11.6 Å². The first-order valence-electron chi connectivity index (χ1n) is 12.2. The molecule has 0 saturated carbocycles. The molecule has 0 spiro atoms. The predicted molar refractivity (Wildman–Crippen MR) is 131 cm³/mol. The summed E-state index contributed by atoms with van der Waals surface area (Å²) in [7, 11) is 0. The van der Waals surface area contributed by atoms with Gasteiger partial charge < -0.3 is 14.8 Å². The van der Waals surface area contributed by atoms with E-state index in [0.717, 1.165) is 37.1 Å². The number of ether oxygens (including phenoxy) is 2. The van der Waals surface area contributed by atoms with Crippen molar-refractivity contribution >= 4 is 23.3 Å². The van der Waals surface area contributed by atoms with E-state index in [1.165, 1.54) is 12.8 Å². The van der Waals surface area contributed by atoms with Gasteiger partial charge in [0.05, 0.1) is 18.6 Å². The Morgan fingerprint density at radius 3 is 2.62 bits per heavy atom. The lowest BCUT2D eigenvalue weighted by Crippen LogP contribution is -2.53. The lowest BCUT2D eigenvalue weighted by Gasteiger charge is -2.39. The Morgan fingerprint density at radius 2 is 1.88 bits per heavy atom. The third-order valence-corrected chi connectivity index (χ3v) is 7.49. The molecule has 3 heterocycles. The highest BCUT2D eigenvalue weighted by Crippen LogP contribution is 2.36. The molecule has 0 aliphatic carbocycles. The quantitative estimate of drug-likeness (QED) is 0.586. The molecule has 2 bridgehead atoms.